The van der Waals surface area contributed by atoms with E-state index in [2.05, 4.69) is 25.9 Å². The first kappa shape index (κ1) is 20.6. The van der Waals surface area contributed by atoms with Crippen LogP contribution >= 0.6 is 0 Å². The van der Waals surface area contributed by atoms with Crippen molar-refractivity contribution in [1.82, 2.24) is 20.0 Å². The standard InChI is InChI=1S/C23H19F3N6O2/c1-32-10-18(19(31-32)23(24,25)26)27-20-13-5-3-11(7-17(13)29-30-20)15-9-22(15)14-8-12(34-2)4-6-16(14)28-21(22)33/h3-8,10,15H,9H2,1-2H3,(H,28,33)(H2,27,29,30). The van der Waals surface area contributed by atoms with Crippen LogP contribution in [0.2, 0.25) is 0 Å². The largest absolute Gasteiger partial charge is 0.497 e. The molecule has 0 radical (unpaired) electrons. The molecular weight excluding hydrogens is 449 g/mol. The summed E-state index contributed by atoms with van der Waals surface area (Å²) in [5.41, 5.74) is 1.49. The molecule has 2 aromatic heterocycles. The summed E-state index contributed by atoms with van der Waals surface area (Å²) in [7, 11) is 3.01. The maximum Gasteiger partial charge on any atom is 0.437 e. The number of benzene rings is 2. The summed E-state index contributed by atoms with van der Waals surface area (Å²) in [6.07, 6.45) is -2.67. The number of aromatic nitrogens is 4. The predicted octanol–water partition coefficient (Wildman–Crippen LogP) is 4.44. The molecule has 34 heavy (non-hydrogen) atoms. The number of nitrogens with one attached hydrogen (secondary N) is 3. The Morgan fingerprint density at radius 1 is 1.24 bits per heavy atom. The number of rotatable bonds is 4. The van der Waals surface area contributed by atoms with E-state index in [-0.39, 0.29) is 23.3 Å². The van der Waals surface area contributed by atoms with Crippen LogP contribution in [0.3, 0.4) is 0 Å². The topological polar surface area (TPSA) is 96.9 Å². The quantitative estimate of drug-likeness (QED) is 0.411. The van der Waals surface area contributed by atoms with Gasteiger partial charge in [0.05, 0.1) is 23.7 Å². The Morgan fingerprint density at radius 2 is 2.06 bits per heavy atom. The third-order valence-corrected chi connectivity index (χ3v) is 6.66. The van der Waals surface area contributed by atoms with Gasteiger partial charge in [0.15, 0.2) is 11.5 Å². The number of aryl methyl sites for hydroxylation is 1. The lowest BCUT2D eigenvalue weighted by molar-refractivity contribution is -0.140. The molecule has 1 saturated carbocycles. The number of anilines is 3. The Balaban J connectivity index is 1.32. The molecule has 2 aliphatic rings. The lowest BCUT2D eigenvalue weighted by Gasteiger charge is -2.10. The van der Waals surface area contributed by atoms with E-state index in [9.17, 15) is 18.0 Å². The average molecular weight is 468 g/mol. The number of alkyl halides is 3. The number of carbonyl (C=O) groups excluding carboxylic acids is 1. The van der Waals surface area contributed by atoms with E-state index >= 15 is 0 Å². The fraction of sp³-hybridized carbons (Fsp3) is 0.261. The fourth-order valence-electron chi connectivity index (χ4n) is 4.96. The molecule has 1 aliphatic carbocycles. The summed E-state index contributed by atoms with van der Waals surface area (Å²) >= 11 is 0. The van der Waals surface area contributed by atoms with Crippen LogP contribution in [0.25, 0.3) is 10.9 Å². The summed E-state index contributed by atoms with van der Waals surface area (Å²) in [6, 6.07) is 11.1. The van der Waals surface area contributed by atoms with Gasteiger partial charge in [-0.15, -0.1) is 0 Å². The maximum atomic E-state index is 13.3. The van der Waals surface area contributed by atoms with E-state index in [0.717, 1.165) is 21.5 Å². The SMILES string of the molecule is COc1ccc2c(c1)C1(CC1c1ccc3c(Nc4cn(C)nc4C(F)(F)F)n[nH]c3c1)C(=O)N2. The van der Waals surface area contributed by atoms with Crippen molar-refractivity contribution in [1.29, 1.82) is 0 Å². The van der Waals surface area contributed by atoms with E-state index in [1.165, 1.54) is 13.2 Å². The third kappa shape index (κ3) is 2.89. The number of amides is 1. The van der Waals surface area contributed by atoms with Crippen molar-refractivity contribution in [2.45, 2.75) is 23.9 Å². The minimum absolute atomic E-state index is 0.0277. The normalized spacial score (nSPS) is 21.1. The second kappa shape index (κ2) is 6.75. The van der Waals surface area contributed by atoms with Gasteiger partial charge >= 0.3 is 6.18 Å². The summed E-state index contributed by atoms with van der Waals surface area (Å²) in [5, 5.41) is 16.9. The second-order valence-electron chi connectivity index (χ2n) is 8.66. The number of methoxy groups -OCH3 is 1. The van der Waals surface area contributed by atoms with Crippen molar-refractivity contribution in [3.8, 4) is 5.75 Å². The molecule has 11 heteroatoms. The fourth-order valence-corrected chi connectivity index (χ4v) is 4.96. The van der Waals surface area contributed by atoms with E-state index in [0.29, 0.717) is 23.1 Å². The molecule has 1 fully saturated rings. The lowest BCUT2D eigenvalue weighted by Crippen LogP contribution is -2.21. The van der Waals surface area contributed by atoms with Crippen molar-refractivity contribution < 1.29 is 22.7 Å². The van der Waals surface area contributed by atoms with Gasteiger partial charge in [0.2, 0.25) is 5.91 Å². The molecule has 0 saturated heterocycles. The highest BCUT2D eigenvalue weighted by molar-refractivity contribution is 6.10. The van der Waals surface area contributed by atoms with Crippen molar-refractivity contribution in [3.63, 3.8) is 0 Å². The van der Waals surface area contributed by atoms with Gasteiger partial charge in [0, 0.05) is 30.2 Å². The molecule has 2 aromatic carbocycles. The van der Waals surface area contributed by atoms with Crippen LogP contribution in [0.1, 0.15) is 29.2 Å². The van der Waals surface area contributed by atoms with Crippen molar-refractivity contribution in [2.75, 3.05) is 17.7 Å². The molecule has 0 bridgehead atoms. The van der Waals surface area contributed by atoms with Gasteiger partial charge in [-0.3, -0.25) is 14.6 Å². The molecule has 4 aromatic rings. The zero-order valence-corrected chi connectivity index (χ0v) is 18.1. The summed E-state index contributed by atoms with van der Waals surface area (Å²) in [6.45, 7) is 0. The minimum Gasteiger partial charge on any atom is -0.497 e. The number of hydrogen-bond donors (Lipinski definition) is 3. The highest BCUT2D eigenvalue weighted by atomic mass is 19.4. The van der Waals surface area contributed by atoms with E-state index < -0.39 is 17.3 Å². The predicted molar refractivity (Wildman–Crippen MR) is 118 cm³/mol. The van der Waals surface area contributed by atoms with Crippen LogP contribution in [0, 0.1) is 0 Å². The van der Waals surface area contributed by atoms with Crippen molar-refractivity contribution in [2.24, 2.45) is 7.05 Å². The highest BCUT2D eigenvalue weighted by Gasteiger charge is 2.65. The summed E-state index contributed by atoms with van der Waals surface area (Å²) < 4.78 is 46.3. The van der Waals surface area contributed by atoms with E-state index in [1.54, 1.807) is 13.2 Å². The first-order valence-electron chi connectivity index (χ1n) is 10.6. The van der Waals surface area contributed by atoms with Crippen LogP contribution in [0.4, 0.5) is 30.4 Å². The average Bonchev–Trinajstić information content (AvgIpc) is 3.11. The Labute approximate surface area is 191 Å². The molecule has 174 valence electrons. The molecule has 3 heterocycles. The molecular formula is C23H19F3N6O2. The number of H-pyrrole nitrogens is 1. The Morgan fingerprint density at radius 3 is 2.82 bits per heavy atom. The Hall–Kier alpha value is -4.02. The van der Waals surface area contributed by atoms with Gasteiger partial charge in [-0.1, -0.05) is 6.07 Å². The molecule has 1 amide bonds. The Kier molecular flexibility index (Phi) is 4.08. The second-order valence-corrected chi connectivity index (χ2v) is 8.66. The van der Waals surface area contributed by atoms with Gasteiger partial charge in [-0.25, -0.2) is 0 Å². The molecule has 8 nitrogen and oxygen atoms in total. The number of hydrogen-bond acceptors (Lipinski definition) is 5. The first-order valence-corrected chi connectivity index (χ1v) is 10.6. The van der Waals surface area contributed by atoms with E-state index in [1.807, 2.05) is 30.3 Å². The number of carbonyl (C=O) groups is 1. The van der Waals surface area contributed by atoms with Gasteiger partial charge in [0.25, 0.3) is 0 Å². The summed E-state index contributed by atoms with van der Waals surface area (Å²) in [5.74, 6) is 0.886. The van der Waals surface area contributed by atoms with Crippen LogP contribution in [0.5, 0.6) is 5.75 Å². The van der Waals surface area contributed by atoms with Crippen LogP contribution in [-0.4, -0.2) is 33.0 Å². The number of fused-ring (bicyclic) bond motifs is 3. The van der Waals surface area contributed by atoms with E-state index in [4.69, 9.17) is 4.74 Å². The molecule has 1 aliphatic heterocycles. The third-order valence-electron chi connectivity index (χ3n) is 6.66. The molecule has 2 atom stereocenters. The lowest BCUT2D eigenvalue weighted by atomic mass is 9.91. The number of nitrogens with zero attached hydrogens (tertiary/aromatic N) is 3. The van der Waals surface area contributed by atoms with Crippen LogP contribution < -0.4 is 15.4 Å². The molecule has 6 rings (SSSR count). The number of halogens is 3. The zero-order chi connectivity index (χ0) is 23.8. The molecule has 1 spiro atoms. The van der Waals surface area contributed by atoms with Crippen molar-refractivity contribution in [3.05, 3.63) is 59.4 Å². The first-order chi connectivity index (χ1) is 16.2. The smallest absolute Gasteiger partial charge is 0.437 e. The van der Waals surface area contributed by atoms with Crippen LogP contribution in [0.15, 0.2) is 42.6 Å². The monoisotopic (exact) mass is 468 g/mol. The number of aromatic amines is 1. The van der Waals surface area contributed by atoms with Gasteiger partial charge in [-0.2, -0.15) is 23.4 Å². The molecule has 3 N–H and O–H groups in total. The summed E-state index contributed by atoms with van der Waals surface area (Å²) in [4.78, 5) is 12.9. The minimum atomic E-state index is -4.59. The van der Waals surface area contributed by atoms with Gasteiger partial charge in [-0.05, 0) is 47.9 Å². The van der Waals surface area contributed by atoms with Gasteiger partial charge in [0.1, 0.15) is 5.75 Å². The van der Waals surface area contributed by atoms with Gasteiger partial charge < -0.3 is 15.4 Å². The van der Waals surface area contributed by atoms with Crippen molar-refractivity contribution >= 4 is 34.0 Å². The zero-order valence-electron chi connectivity index (χ0n) is 18.1. The maximum absolute atomic E-state index is 13.3. The molecule has 2 unspecified atom stereocenters. The highest BCUT2D eigenvalue weighted by Crippen LogP contribution is 2.65. The van der Waals surface area contributed by atoms with Crippen LogP contribution in [-0.2, 0) is 23.4 Å². The number of ether oxygens (including phenoxy) is 1. The Bertz CT molecular complexity index is 1470.